The van der Waals surface area contributed by atoms with Crippen molar-refractivity contribution < 1.29 is 4.39 Å². The fourth-order valence-corrected chi connectivity index (χ4v) is 2.57. The third-order valence-electron chi connectivity index (χ3n) is 3.62. The van der Waals surface area contributed by atoms with Crippen LogP contribution in [-0.4, -0.2) is 22.1 Å². The molecule has 2 aromatic rings. The average Bonchev–Trinajstić information content (AvgIpc) is 2.86. The minimum Gasteiger partial charge on any atom is -0.367 e. The number of nitrogens with zero attached hydrogens (tertiary/aromatic N) is 2. The highest BCUT2D eigenvalue weighted by Gasteiger charge is 2.21. The van der Waals surface area contributed by atoms with E-state index in [1.165, 1.54) is 6.07 Å². The predicted octanol–water partition coefficient (Wildman–Crippen LogP) is 2.57. The molecule has 1 aliphatic rings. The Kier molecular flexibility index (Phi) is 3.60. The summed E-state index contributed by atoms with van der Waals surface area (Å²) in [4.78, 5) is 8.37. The van der Waals surface area contributed by atoms with Gasteiger partial charge in [0.05, 0.1) is 0 Å². The molecule has 1 fully saturated rings. The molecule has 0 aliphatic heterocycles. The number of pyridine rings is 2. The molecule has 1 aliphatic carbocycles. The van der Waals surface area contributed by atoms with E-state index in [2.05, 4.69) is 15.3 Å². The zero-order valence-electron chi connectivity index (χ0n) is 11.1. The molecule has 2 heterocycles. The van der Waals surface area contributed by atoms with Crippen molar-refractivity contribution in [3.63, 3.8) is 0 Å². The van der Waals surface area contributed by atoms with Crippen LogP contribution in [0.25, 0.3) is 11.3 Å². The summed E-state index contributed by atoms with van der Waals surface area (Å²) in [6.07, 6.45) is 6.31. The van der Waals surface area contributed by atoms with E-state index in [0.29, 0.717) is 17.3 Å². The van der Waals surface area contributed by atoms with Crippen LogP contribution in [0.4, 0.5) is 10.2 Å². The molecule has 0 saturated heterocycles. The van der Waals surface area contributed by atoms with Crippen LogP contribution in [0.5, 0.6) is 0 Å². The number of nitrogens with one attached hydrogen (secondary N) is 1. The molecule has 2 aromatic heterocycles. The van der Waals surface area contributed by atoms with E-state index < -0.39 is 0 Å². The molecule has 0 unspecified atom stereocenters. The quantitative estimate of drug-likeness (QED) is 0.901. The third-order valence-corrected chi connectivity index (χ3v) is 3.62. The Morgan fingerprint density at radius 1 is 1.20 bits per heavy atom. The lowest BCUT2D eigenvalue weighted by molar-refractivity contribution is 0.625. The first-order valence-corrected chi connectivity index (χ1v) is 6.81. The van der Waals surface area contributed by atoms with E-state index in [1.807, 2.05) is 12.1 Å². The first-order chi connectivity index (χ1) is 9.72. The van der Waals surface area contributed by atoms with E-state index in [9.17, 15) is 4.39 Å². The molecular formula is C15H17FN4. The second-order valence-electron chi connectivity index (χ2n) is 5.18. The Bertz CT molecular complexity index is 585. The molecule has 0 aromatic carbocycles. The van der Waals surface area contributed by atoms with Gasteiger partial charge in [-0.3, -0.25) is 4.98 Å². The van der Waals surface area contributed by atoms with Gasteiger partial charge in [-0.25, -0.2) is 9.37 Å². The lowest BCUT2D eigenvalue weighted by Crippen LogP contribution is -2.21. The molecule has 0 bridgehead atoms. The first kappa shape index (κ1) is 13.0. The summed E-state index contributed by atoms with van der Waals surface area (Å²) in [5.41, 5.74) is 6.89. The maximum Gasteiger partial charge on any atom is 0.149 e. The molecule has 20 heavy (non-hydrogen) atoms. The number of hydrogen-bond acceptors (Lipinski definition) is 4. The topological polar surface area (TPSA) is 63.8 Å². The zero-order valence-corrected chi connectivity index (χ0v) is 11.1. The maximum absolute atomic E-state index is 13.6. The number of nitrogens with two attached hydrogens (primary N) is 1. The standard InChI is InChI=1S/C15H17FN4/c16-13-2-1-7-18-15(13)10-3-6-14(19-9-10)20-12-5-4-11(17)8-12/h1-3,6-7,9,11-12H,4-5,8,17H2,(H,19,20)/t11-,12-/m0/s1. The summed E-state index contributed by atoms with van der Waals surface area (Å²) in [6.45, 7) is 0. The molecule has 4 nitrogen and oxygen atoms in total. The van der Waals surface area contributed by atoms with Gasteiger partial charge in [0.2, 0.25) is 0 Å². The van der Waals surface area contributed by atoms with Gasteiger partial charge >= 0.3 is 0 Å². The Labute approximate surface area is 117 Å². The predicted molar refractivity (Wildman–Crippen MR) is 76.7 cm³/mol. The van der Waals surface area contributed by atoms with Crippen molar-refractivity contribution in [3.05, 3.63) is 42.5 Å². The lowest BCUT2D eigenvalue weighted by atomic mass is 10.2. The summed E-state index contributed by atoms with van der Waals surface area (Å²) >= 11 is 0. The SMILES string of the molecule is N[C@H]1CC[C@H](Nc2ccc(-c3ncccc3F)cn2)C1. The van der Waals surface area contributed by atoms with Crippen LogP contribution >= 0.6 is 0 Å². The Balaban J connectivity index is 1.73. The maximum atomic E-state index is 13.6. The summed E-state index contributed by atoms with van der Waals surface area (Å²) in [6, 6.07) is 7.33. The summed E-state index contributed by atoms with van der Waals surface area (Å²) < 4.78 is 13.6. The second kappa shape index (κ2) is 5.54. The van der Waals surface area contributed by atoms with Gasteiger partial charge in [0.25, 0.3) is 0 Å². The molecular weight excluding hydrogens is 255 g/mol. The molecule has 1 saturated carbocycles. The zero-order chi connectivity index (χ0) is 13.9. The Morgan fingerprint density at radius 3 is 2.75 bits per heavy atom. The van der Waals surface area contributed by atoms with Gasteiger partial charge in [-0.05, 0) is 43.5 Å². The van der Waals surface area contributed by atoms with E-state index in [4.69, 9.17) is 5.73 Å². The van der Waals surface area contributed by atoms with Crippen molar-refractivity contribution in [1.82, 2.24) is 9.97 Å². The van der Waals surface area contributed by atoms with Crippen molar-refractivity contribution in [1.29, 1.82) is 0 Å². The summed E-state index contributed by atoms with van der Waals surface area (Å²) in [5.74, 6) is 0.459. The minimum absolute atomic E-state index is 0.286. The van der Waals surface area contributed by atoms with Crippen molar-refractivity contribution in [3.8, 4) is 11.3 Å². The molecule has 2 atom stereocenters. The molecule has 0 amide bonds. The highest BCUT2D eigenvalue weighted by atomic mass is 19.1. The molecule has 0 radical (unpaired) electrons. The van der Waals surface area contributed by atoms with Crippen LogP contribution in [-0.2, 0) is 0 Å². The lowest BCUT2D eigenvalue weighted by Gasteiger charge is -2.13. The first-order valence-electron chi connectivity index (χ1n) is 6.81. The van der Waals surface area contributed by atoms with Gasteiger partial charge in [0, 0.05) is 30.0 Å². The number of anilines is 1. The largest absolute Gasteiger partial charge is 0.367 e. The average molecular weight is 272 g/mol. The number of aromatic nitrogens is 2. The summed E-state index contributed by atoms with van der Waals surface area (Å²) in [7, 11) is 0. The monoisotopic (exact) mass is 272 g/mol. The van der Waals surface area contributed by atoms with Gasteiger partial charge in [0.1, 0.15) is 17.3 Å². The highest BCUT2D eigenvalue weighted by Crippen LogP contribution is 2.23. The second-order valence-corrected chi connectivity index (χ2v) is 5.18. The van der Waals surface area contributed by atoms with Gasteiger partial charge in [-0.2, -0.15) is 0 Å². The van der Waals surface area contributed by atoms with Crippen LogP contribution in [0.2, 0.25) is 0 Å². The van der Waals surface area contributed by atoms with E-state index in [-0.39, 0.29) is 11.9 Å². The normalized spacial score (nSPS) is 21.9. The van der Waals surface area contributed by atoms with E-state index in [0.717, 1.165) is 25.1 Å². The van der Waals surface area contributed by atoms with Crippen LogP contribution in [0.1, 0.15) is 19.3 Å². The fourth-order valence-electron chi connectivity index (χ4n) is 2.57. The van der Waals surface area contributed by atoms with Crippen LogP contribution in [0.3, 0.4) is 0 Å². The van der Waals surface area contributed by atoms with Gasteiger partial charge < -0.3 is 11.1 Å². The van der Waals surface area contributed by atoms with Gasteiger partial charge in [-0.1, -0.05) is 0 Å². The van der Waals surface area contributed by atoms with E-state index in [1.54, 1.807) is 18.5 Å². The number of rotatable bonds is 3. The van der Waals surface area contributed by atoms with Crippen LogP contribution in [0.15, 0.2) is 36.7 Å². The molecule has 0 spiro atoms. The molecule has 3 N–H and O–H groups in total. The summed E-state index contributed by atoms with van der Waals surface area (Å²) in [5, 5.41) is 3.36. The fraction of sp³-hybridized carbons (Fsp3) is 0.333. The molecule has 3 rings (SSSR count). The smallest absolute Gasteiger partial charge is 0.149 e. The third kappa shape index (κ3) is 2.77. The van der Waals surface area contributed by atoms with Gasteiger partial charge in [-0.15, -0.1) is 0 Å². The van der Waals surface area contributed by atoms with Crippen LogP contribution in [0, 0.1) is 5.82 Å². The minimum atomic E-state index is -0.336. The Morgan fingerprint density at radius 2 is 2.10 bits per heavy atom. The van der Waals surface area contributed by atoms with Crippen molar-refractivity contribution in [2.24, 2.45) is 5.73 Å². The number of hydrogen-bond donors (Lipinski definition) is 2. The molecule has 5 heteroatoms. The van der Waals surface area contributed by atoms with Crippen molar-refractivity contribution in [2.45, 2.75) is 31.3 Å². The number of halogens is 1. The Hall–Kier alpha value is -2.01. The van der Waals surface area contributed by atoms with E-state index >= 15 is 0 Å². The van der Waals surface area contributed by atoms with Crippen LogP contribution < -0.4 is 11.1 Å². The van der Waals surface area contributed by atoms with Gasteiger partial charge in [0.15, 0.2) is 0 Å². The van der Waals surface area contributed by atoms with Crippen molar-refractivity contribution in [2.75, 3.05) is 5.32 Å². The van der Waals surface area contributed by atoms with Crippen molar-refractivity contribution >= 4 is 5.82 Å². The highest BCUT2D eigenvalue weighted by molar-refractivity contribution is 5.60. The molecule has 104 valence electrons.